The molecule has 0 spiro atoms. The number of phenolic OH excluding ortho intramolecular Hbond substituents is 1. The molecule has 16 heteroatoms. The number of aromatic hydroxyl groups is 1. The van der Waals surface area contributed by atoms with Gasteiger partial charge in [-0.05, 0) is 104 Å². The molecule has 70 heavy (non-hydrogen) atoms. The van der Waals surface area contributed by atoms with Crippen molar-refractivity contribution in [1.82, 2.24) is 40.3 Å². The number of hydrogen-bond donors (Lipinski definition) is 3. The van der Waals surface area contributed by atoms with Crippen LogP contribution in [0.15, 0.2) is 54.7 Å². The average molecular weight is 945 g/mol. The fraction of sp³-hybridized carbons (Fsp3) is 0.481. The van der Waals surface area contributed by atoms with E-state index < -0.39 is 11.9 Å². The SMILES string of the molecule is C#Cc1cccc2cc(O)cc(-c3ncc4c(N5CC6CCC(C5)N6)nc(OCC5(CN6CC7CC6CC7CN6CCN(c7ccc8c(c7)CN([C@H]7CCC(=O)NC7=O)C8=O)CC6)CC5)nc4c3F)c12. The normalized spacial score (nSPS) is 27.1. The Kier molecular flexibility index (Phi) is 10.5. The number of piperazine rings is 2. The van der Waals surface area contributed by atoms with E-state index in [0.29, 0.717) is 88.2 Å². The number of ether oxygens (including phenoxy) is 1. The van der Waals surface area contributed by atoms with Crippen LogP contribution in [0.1, 0.15) is 72.9 Å². The highest BCUT2D eigenvalue weighted by molar-refractivity contribution is 6.06. The van der Waals surface area contributed by atoms with Crippen LogP contribution < -0.4 is 25.2 Å². The molecule has 7 fully saturated rings. The molecule has 4 bridgehead atoms. The van der Waals surface area contributed by atoms with Gasteiger partial charge in [0.2, 0.25) is 11.8 Å². The van der Waals surface area contributed by atoms with Gasteiger partial charge in [-0.2, -0.15) is 9.97 Å². The molecule has 3 aromatic carbocycles. The van der Waals surface area contributed by atoms with Gasteiger partial charge in [-0.1, -0.05) is 18.1 Å². The van der Waals surface area contributed by atoms with E-state index in [-0.39, 0.29) is 52.5 Å². The maximum atomic E-state index is 17.2. The minimum Gasteiger partial charge on any atom is -0.508 e. The van der Waals surface area contributed by atoms with Crippen molar-refractivity contribution in [3.63, 3.8) is 0 Å². The van der Waals surface area contributed by atoms with Gasteiger partial charge in [0.25, 0.3) is 5.91 Å². The molecule has 360 valence electrons. The molecule has 8 heterocycles. The first-order chi connectivity index (χ1) is 34.0. The first kappa shape index (κ1) is 43.6. The molecule has 0 radical (unpaired) electrons. The lowest BCUT2D eigenvalue weighted by Gasteiger charge is -2.40. The van der Waals surface area contributed by atoms with E-state index in [1.807, 2.05) is 30.3 Å². The van der Waals surface area contributed by atoms with Gasteiger partial charge >= 0.3 is 6.01 Å². The number of phenols is 1. The lowest BCUT2D eigenvalue weighted by Crippen LogP contribution is -2.52. The third kappa shape index (κ3) is 7.68. The zero-order chi connectivity index (χ0) is 47.4. The van der Waals surface area contributed by atoms with Crippen molar-refractivity contribution in [1.29, 1.82) is 0 Å². The van der Waals surface area contributed by atoms with E-state index in [9.17, 15) is 19.5 Å². The van der Waals surface area contributed by atoms with E-state index in [2.05, 4.69) is 47.2 Å². The van der Waals surface area contributed by atoms with Gasteiger partial charge in [0.1, 0.15) is 28.8 Å². The maximum Gasteiger partial charge on any atom is 0.319 e. The summed E-state index contributed by atoms with van der Waals surface area (Å²) in [6, 6.07) is 15.5. The van der Waals surface area contributed by atoms with Crippen LogP contribution in [0.4, 0.5) is 15.9 Å². The van der Waals surface area contributed by atoms with Crippen LogP contribution in [-0.4, -0.2) is 142 Å². The molecular weight excluding hydrogens is 888 g/mol. The summed E-state index contributed by atoms with van der Waals surface area (Å²) >= 11 is 0. The number of hydrogen-bond acceptors (Lipinski definition) is 13. The van der Waals surface area contributed by atoms with Crippen LogP contribution in [0.3, 0.4) is 0 Å². The van der Waals surface area contributed by atoms with Crippen LogP contribution in [0, 0.1) is 35.4 Å². The molecule has 2 aliphatic carbocycles. The molecular formula is C54H57FN10O5. The van der Waals surface area contributed by atoms with Crippen molar-refractivity contribution in [3.8, 4) is 35.4 Å². The number of fused-ring (bicyclic) bond motifs is 7. The lowest BCUT2D eigenvalue weighted by molar-refractivity contribution is -0.136. The number of terminal acetylenes is 1. The molecule has 5 unspecified atom stereocenters. The highest BCUT2D eigenvalue weighted by Gasteiger charge is 2.51. The summed E-state index contributed by atoms with van der Waals surface area (Å²) in [5.41, 5.74) is 3.90. The fourth-order valence-corrected chi connectivity index (χ4v) is 13.2. The molecule has 8 aliphatic rings. The van der Waals surface area contributed by atoms with Crippen molar-refractivity contribution in [2.75, 3.05) is 75.3 Å². The smallest absolute Gasteiger partial charge is 0.319 e. The number of benzene rings is 3. The number of carbonyl (C=O) groups excluding carboxylic acids is 3. The number of rotatable bonds is 11. The van der Waals surface area contributed by atoms with E-state index in [1.165, 1.54) is 18.9 Å². The summed E-state index contributed by atoms with van der Waals surface area (Å²) in [7, 11) is 0. The van der Waals surface area contributed by atoms with Crippen LogP contribution in [0.2, 0.25) is 0 Å². The van der Waals surface area contributed by atoms with Crippen molar-refractivity contribution in [2.24, 2.45) is 17.3 Å². The molecule has 2 aromatic heterocycles. The van der Waals surface area contributed by atoms with Gasteiger partial charge in [0.05, 0.1) is 12.0 Å². The van der Waals surface area contributed by atoms with Crippen molar-refractivity contribution in [3.05, 3.63) is 77.2 Å². The molecule has 5 saturated heterocycles. The highest BCUT2D eigenvalue weighted by atomic mass is 19.1. The molecule has 15 nitrogen and oxygen atoms in total. The number of aromatic nitrogens is 3. The van der Waals surface area contributed by atoms with Crippen molar-refractivity contribution >= 4 is 50.9 Å². The molecule has 5 aromatic rings. The maximum absolute atomic E-state index is 17.2. The van der Waals surface area contributed by atoms with Gasteiger partial charge in [-0.15, -0.1) is 6.42 Å². The quantitative estimate of drug-likeness (QED) is 0.119. The predicted octanol–water partition coefficient (Wildman–Crippen LogP) is 5.06. The monoisotopic (exact) mass is 944 g/mol. The largest absolute Gasteiger partial charge is 0.508 e. The minimum atomic E-state index is -0.609. The van der Waals surface area contributed by atoms with E-state index in [4.69, 9.17) is 21.1 Å². The number of pyridine rings is 1. The van der Waals surface area contributed by atoms with Gasteiger partial charge in [-0.3, -0.25) is 34.5 Å². The summed E-state index contributed by atoms with van der Waals surface area (Å²) in [6.07, 6.45) is 14.9. The van der Waals surface area contributed by atoms with Gasteiger partial charge in [0.15, 0.2) is 5.82 Å². The third-order valence-electron chi connectivity index (χ3n) is 17.1. The number of likely N-dealkylation sites (tertiary alicyclic amines) is 1. The summed E-state index contributed by atoms with van der Waals surface area (Å²) in [5, 5.41) is 18.7. The second-order valence-electron chi connectivity index (χ2n) is 21.5. The number of anilines is 2. The van der Waals surface area contributed by atoms with Crippen LogP contribution in [-0.2, 0) is 16.1 Å². The molecule has 13 rings (SSSR count). The molecule has 2 saturated carbocycles. The Bertz CT molecular complexity index is 3030. The minimum absolute atomic E-state index is 0.00503. The number of imide groups is 1. The second kappa shape index (κ2) is 16.9. The highest BCUT2D eigenvalue weighted by Crippen LogP contribution is 2.51. The zero-order valence-electron chi connectivity index (χ0n) is 39.2. The van der Waals surface area contributed by atoms with Crippen LogP contribution >= 0.6 is 0 Å². The number of nitrogens with zero attached hydrogens (tertiary/aromatic N) is 8. The Hall–Kier alpha value is -6.41. The van der Waals surface area contributed by atoms with E-state index in [1.54, 1.807) is 17.2 Å². The third-order valence-corrected chi connectivity index (χ3v) is 17.1. The van der Waals surface area contributed by atoms with Crippen molar-refractivity contribution < 1.29 is 28.6 Å². The summed E-state index contributed by atoms with van der Waals surface area (Å²) in [6.45, 7) is 9.38. The average Bonchev–Trinajstić information content (AvgIpc) is 3.55. The lowest BCUT2D eigenvalue weighted by atomic mass is 9.93. The zero-order valence-corrected chi connectivity index (χ0v) is 39.2. The van der Waals surface area contributed by atoms with E-state index >= 15 is 4.39 Å². The standard InChI is InChI=1S/C54H57FN10O5/c1-2-31-4-3-5-32-21-40(66)22-42(46(31)32)48-47(55)49-43(23-56-48)50(63-27-36-6-7-37(28-63)57-36)60-53(59-49)70-30-54(12-13-54)29-64-25-34-19-39(64)18-33(34)24-61-14-16-62(17-15-61)38-8-9-41-35(20-38)26-65(52(41)69)44-10-11-45(67)58-51(44)68/h1,3-5,8-9,20-23,33-34,36-37,39,44,57,66H,6-7,10-19,24-30H2,(H,58,67,68)/t33?,34?,36?,37?,39?,44-/m0/s1. The van der Waals surface area contributed by atoms with Gasteiger partial charge in [0, 0.05) is 129 Å². The Balaban J connectivity index is 0.657. The number of piperidine rings is 2. The number of halogens is 1. The fourth-order valence-electron chi connectivity index (χ4n) is 13.2. The number of amides is 3. The first-order valence-corrected chi connectivity index (χ1v) is 25.3. The molecule has 6 aliphatic heterocycles. The summed E-state index contributed by atoms with van der Waals surface area (Å²) < 4.78 is 23.8. The number of carbonyl (C=O) groups is 3. The second-order valence-corrected chi connectivity index (χ2v) is 21.5. The summed E-state index contributed by atoms with van der Waals surface area (Å²) in [5.74, 6) is 3.30. The molecule has 3 amide bonds. The predicted molar refractivity (Wildman–Crippen MR) is 262 cm³/mol. The topological polar surface area (TPSA) is 160 Å². The summed E-state index contributed by atoms with van der Waals surface area (Å²) in [4.78, 5) is 63.6. The number of nitrogens with one attached hydrogen (secondary N) is 2. The Labute approximate surface area is 405 Å². The van der Waals surface area contributed by atoms with Crippen molar-refractivity contribution in [2.45, 2.75) is 82.1 Å². The Morgan fingerprint density at radius 1 is 0.929 bits per heavy atom. The van der Waals surface area contributed by atoms with Gasteiger partial charge in [-0.25, -0.2) is 4.39 Å². The van der Waals surface area contributed by atoms with Crippen LogP contribution in [0.25, 0.3) is 32.9 Å². The first-order valence-electron chi connectivity index (χ1n) is 25.3. The Morgan fingerprint density at radius 2 is 1.76 bits per heavy atom. The van der Waals surface area contributed by atoms with Gasteiger partial charge < -0.3 is 29.9 Å². The van der Waals surface area contributed by atoms with E-state index in [0.717, 1.165) is 95.8 Å². The Morgan fingerprint density at radius 3 is 2.51 bits per heavy atom. The molecule has 3 N–H and O–H groups in total. The molecule has 6 atom stereocenters. The van der Waals surface area contributed by atoms with Crippen LogP contribution in [0.5, 0.6) is 11.8 Å².